The monoisotopic (exact) mass is 291 g/mol. The first kappa shape index (κ1) is 15.4. The van der Waals surface area contributed by atoms with Crippen LogP contribution in [0.4, 0.5) is 0 Å². The predicted molar refractivity (Wildman–Crippen MR) is 73.1 cm³/mol. The van der Waals surface area contributed by atoms with Crippen LogP contribution in [0.25, 0.3) is 0 Å². The van der Waals surface area contributed by atoms with Crippen LogP contribution >= 0.6 is 12.4 Å². The molecule has 7 heteroatoms. The summed E-state index contributed by atoms with van der Waals surface area (Å²) < 4.78 is 25.9. The summed E-state index contributed by atoms with van der Waals surface area (Å²) in [5.74, 6) is -0.0133. The van der Waals surface area contributed by atoms with E-state index in [1.165, 1.54) is 0 Å². The Hall–Kier alpha value is -0.690. The summed E-state index contributed by atoms with van der Waals surface area (Å²) in [6.07, 6.45) is 1.62. The highest BCUT2D eigenvalue weighted by molar-refractivity contribution is 7.88. The summed E-state index contributed by atoms with van der Waals surface area (Å²) in [5.41, 5.74) is 0.596. The number of nitrogens with zero attached hydrogens (tertiary/aromatic N) is 2. The lowest BCUT2D eigenvalue weighted by atomic mass is 10.3. The van der Waals surface area contributed by atoms with E-state index in [0.717, 1.165) is 0 Å². The van der Waals surface area contributed by atoms with E-state index in [1.807, 2.05) is 6.92 Å². The van der Waals surface area contributed by atoms with Gasteiger partial charge in [0, 0.05) is 31.9 Å². The molecule has 0 bridgehead atoms. The summed E-state index contributed by atoms with van der Waals surface area (Å²) in [5, 5.41) is 3.23. The van der Waals surface area contributed by atoms with Crippen molar-refractivity contribution >= 4 is 22.4 Å². The van der Waals surface area contributed by atoms with Gasteiger partial charge in [-0.05, 0) is 19.1 Å². The molecule has 0 amide bonds. The molecule has 0 aromatic carbocycles. The first-order valence-corrected chi connectivity index (χ1v) is 7.30. The van der Waals surface area contributed by atoms with Crippen molar-refractivity contribution in [3.63, 3.8) is 0 Å². The van der Waals surface area contributed by atoms with Crippen molar-refractivity contribution in [2.45, 2.75) is 18.7 Å². The maximum atomic E-state index is 12.2. The summed E-state index contributed by atoms with van der Waals surface area (Å²) in [6.45, 7) is 3.78. The average molecular weight is 292 g/mol. The Morgan fingerprint density at radius 3 is 2.89 bits per heavy atom. The van der Waals surface area contributed by atoms with Crippen LogP contribution in [0.3, 0.4) is 0 Å². The van der Waals surface area contributed by atoms with E-state index in [0.29, 0.717) is 25.3 Å². The second-order valence-electron chi connectivity index (χ2n) is 4.29. The van der Waals surface area contributed by atoms with E-state index in [1.54, 1.807) is 28.7 Å². The second-order valence-corrected chi connectivity index (χ2v) is 6.26. The van der Waals surface area contributed by atoms with Crippen LogP contribution in [-0.4, -0.2) is 43.4 Å². The highest BCUT2D eigenvalue weighted by atomic mass is 35.5. The highest BCUT2D eigenvalue weighted by Crippen LogP contribution is 2.11. The third-order valence-electron chi connectivity index (χ3n) is 2.78. The molecule has 2 rings (SSSR count). The number of hydrogen-bond acceptors (Lipinski definition) is 4. The molecule has 1 aliphatic rings. The van der Waals surface area contributed by atoms with Gasteiger partial charge in [0.1, 0.15) is 5.75 Å². The minimum Gasteiger partial charge on any atom is -0.312 e. The molecule has 0 saturated carbocycles. The van der Waals surface area contributed by atoms with Crippen molar-refractivity contribution in [3.8, 4) is 0 Å². The van der Waals surface area contributed by atoms with Crippen molar-refractivity contribution in [1.82, 2.24) is 14.6 Å². The minimum absolute atomic E-state index is 0. The van der Waals surface area contributed by atoms with Gasteiger partial charge in [-0.15, -0.1) is 12.4 Å². The Morgan fingerprint density at radius 1 is 1.50 bits per heavy atom. The summed E-state index contributed by atoms with van der Waals surface area (Å²) in [7, 11) is -3.24. The standard InChI is InChI=1S/C11H17N3O2S.ClH/c1-10-8-14(7-6-12-10)17(15,16)9-11-4-2-3-5-13-11;/h2-5,10,12H,6-9H2,1H3;1H. The highest BCUT2D eigenvalue weighted by Gasteiger charge is 2.27. The molecule has 1 atom stereocenters. The fourth-order valence-electron chi connectivity index (χ4n) is 1.91. The van der Waals surface area contributed by atoms with Crippen LogP contribution in [0.2, 0.25) is 0 Å². The zero-order valence-electron chi connectivity index (χ0n) is 10.2. The quantitative estimate of drug-likeness (QED) is 0.887. The number of sulfonamides is 1. The van der Waals surface area contributed by atoms with Crippen LogP contribution < -0.4 is 5.32 Å². The fourth-order valence-corrected chi connectivity index (χ4v) is 3.46. The molecule has 0 radical (unpaired) electrons. The molecule has 0 aliphatic carbocycles. The van der Waals surface area contributed by atoms with E-state index in [2.05, 4.69) is 10.3 Å². The van der Waals surface area contributed by atoms with E-state index in [4.69, 9.17) is 0 Å². The van der Waals surface area contributed by atoms with Gasteiger partial charge in [-0.2, -0.15) is 4.31 Å². The van der Waals surface area contributed by atoms with Crippen LogP contribution in [0, 0.1) is 0 Å². The van der Waals surface area contributed by atoms with Crippen molar-refractivity contribution in [2.75, 3.05) is 19.6 Å². The van der Waals surface area contributed by atoms with Gasteiger partial charge in [-0.1, -0.05) is 6.07 Å². The number of pyridine rings is 1. The van der Waals surface area contributed by atoms with E-state index in [-0.39, 0.29) is 24.2 Å². The molecule has 1 aliphatic heterocycles. The molecule has 0 spiro atoms. The van der Waals surface area contributed by atoms with Crippen LogP contribution in [-0.2, 0) is 15.8 Å². The van der Waals surface area contributed by atoms with Gasteiger partial charge in [0.25, 0.3) is 0 Å². The lowest BCUT2D eigenvalue weighted by Crippen LogP contribution is -2.51. The Bertz CT molecular complexity index is 466. The summed E-state index contributed by atoms with van der Waals surface area (Å²) in [4.78, 5) is 4.06. The third-order valence-corrected chi connectivity index (χ3v) is 4.56. The lowest BCUT2D eigenvalue weighted by molar-refractivity contribution is 0.310. The number of piperazine rings is 1. The van der Waals surface area contributed by atoms with Gasteiger partial charge in [-0.3, -0.25) is 4.98 Å². The first-order chi connectivity index (χ1) is 8.08. The van der Waals surface area contributed by atoms with Gasteiger partial charge >= 0.3 is 0 Å². The van der Waals surface area contributed by atoms with Crippen molar-refractivity contribution < 1.29 is 8.42 Å². The molecule has 18 heavy (non-hydrogen) atoms. The number of nitrogens with one attached hydrogen (secondary N) is 1. The van der Waals surface area contributed by atoms with E-state index >= 15 is 0 Å². The largest absolute Gasteiger partial charge is 0.312 e. The number of hydrogen-bond donors (Lipinski definition) is 1. The number of rotatable bonds is 3. The molecule has 102 valence electrons. The minimum atomic E-state index is -3.24. The van der Waals surface area contributed by atoms with Crippen molar-refractivity contribution in [1.29, 1.82) is 0 Å². The zero-order chi connectivity index (χ0) is 12.3. The molecular formula is C11H18ClN3O2S. The second kappa shape index (κ2) is 6.47. The normalized spacial score (nSPS) is 21.3. The Balaban J connectivity index is 0.00000162. The first-order valence-electron chi connectivity index (χ1n) is 5.69. The van der Waals surface area contributed by atoms with E-state index in [9.17, 15) is 8.42 Å². The molecular weight excluding hydrogens is 274 g/mol. The molecule has 1 saturated heterocycles. The molecule has 1 unspecified atom stereocenters. The summed E-state index contributed by atoms with van der Waals surface area (Å²) >= 11 is 0. The molecule has 1 aromatic rings. The van der Waals surface area contributed by atoms with E-state index < -0.39 is 10.0 Å². The summed E-state index contributed by atoms with van der Waals surface area (Å²) in [6, 6.07) is 5.53. The maximum Gasteiger partial charge on any atom is 0.219 e. The number of halogens is 1. The van der Waals surface area contributed by atoms with Gasteiger partial charge in [0.15, 0.2) is 0 Å². The Kier molecular flexibility index (Phi) is 5.52. The average Bonchev–Trinajstić information content (AvgIpc) is 2.30. The SMILES string of the molecule is CC1CN(S(=O)(=O)Cc2ccccn2)CCN1.Cl. The predicted octanol–water partition coefficient (Wildman–Crippen LogP) is 0.627. The molecule has 1 fully saturated rings. The smallest absolute Gasteiger partial charge is 0.219 e. The third kappa shape index (κ3) is 3.91. The molecule has 1 N–H and O–H groups in total. The van der Waals surface area contributed by atoms with Crippen molar-refractivity contribution in [2.24, 2.45) is 0 Å². The number of aromatic nitrogens is 1. The van der Waals surface area contributed by atoms with Crippen LogP contribution in [0.5, 0.6) is 0 Å². The zero-order valence-corrected chi connectivity index (χ0v) is 11.9. The van der Waals surface area contributed by atoms with Gasteiger partial charge < -0.3 is 5.32 Å². The topological polar surface area (TPSA) is 62.3 Å². The Morgan fingerprint density at radius 2 is 2.28 bits per heavy atom. The van der Waals surface area contributed by atoms with Gasteiger partial charge in [-0.25, -0.2) is 8.42 Å². The van der Waals surface area contributed by atoms with Crippen LogP contribution in [0.1, 0.15) is 12.6 Å². The Labute approximate surface area is 114 Å². The maximum absolute atomic E-state index is 12.2. The van der Waals surface area contributed by atoms with Gasteiger partial charge in [0.2, 0.25) is 10.0 Å². The van der Waals surface area contributed by atoms with Crippen LogP contribution in [0.15, 0.2) is 24.4 Å². The van der Waals surface area contributed by atoms with Crippen molar-refractivity contribution in [3.05, 3.63) is 30.1 Å². The molecule has 5 nitrogen and oxygen atoms in total. The lowest BCUT2D eigenvalue weighted by Gasteiger charge is -2.30. The fraction of sp³-hybridized carbons (Fsp3) is 0.545. The molecule has 1 aromatic heterocycles. The molecule has 2 heterocycles. The van der Waals surface area contributed by atoms with Gasteiger partial charge in [0.05, 0.1) is 5.69 Å².